The van der Waals surface area contributed by atoms with Crippen LogP contribution in [-0.4, -0.2) is 22.5 Å². The van der Waals surface area contributed by atoms with Gasteiger partial charge in [-0.15, -0.1) is 0 Å². The van der Waals surface area contributed by atoms with E-state index in [-0.39, 0.29) is 0 Å². The molecule has 0 saturated carbocycles. The molecule has 1 aromatic heterocycles. The van der Waals surface area contributed by atoms with E-state index in [0.717, 1.165) is 17.1 Å². The molecule has 0 unspecified atom stereocenters. The summed E-state index contributed by atoms with van der Waals surface area (Å²) < 4.78 is 0. The molecule has 2 aromatic rings. The van der Waals surface area contributed by atoms with Gasteiger partial charge in [-0.3, -0.25) is 0 Å². The van der Waals surface area contributed by atoms with Crippen molar-refractivity contribution >= 4 is 5.94 Å². The molecule has 0 bridgehead atoms. The van der Waals surface area contributed by atoms with Crippen LogP contribution in [0.3, 0.4) is 0 Å². The molecular formula is C14H15N3O. The van der Waals surface area contributed by atoms with E-state index < -0.39 is 0 Å². The maximum Gasteiger partial charge on any atom is 0.145 e. The zero-order chi connectivity index (χ0) is 12.8. The average Bonchev–Trinajstić information content (AvgIpc) is 2.88. The highest BCUT2D eigenvalue weighted by Gasteiger charge is 2.05. The Hall–Kier alpha value is -2.32. The number of nitrogens with zero attached hydrogens (tertiary/aromatic N) is 1. The largest absolute Gasteiger partial charge is 0.379 e. The maximum atomic E-state index is 10.7. The molecule has 0 radical (unpaired) electrons. The summed E-state index contributed by atoms with van der Waals surface area (Å²) in [5, 5.41) is 2.98. The fraction of sp³-hybridized carbons (Fsp3) is 0.214. The minimum atomic E-state index is 0.497. The topological polar surface area (TPSA) is 57.8 Å². The molecule has 18 heavy (non-hydrogen) atoms. The van der Waals surface area contributed by atoms with Gasteiger partial charge in [-0.05, 0) is 6.92 Å². The van der Waals surface area contributed by atoms with Crippen LogP contribution in [0.15, 0.2) is 42.2 Å². The molecule has 0 amide bonds. The number of nitrogens with one attached hydrogen (secondary N) is 2. The standard InChI is InChI=1S/C14H15N3O/c1-2-15-13(10-18)8-12-9-16-14(17-12)11-6-4-3-5-7-11/h3-7,9,15H,2,8H2,1H3,(H,16,17). The van der Waals surface area contributed by atoms with Crippen LogP contribution in [0.1, 0.15) is 12.6 Å². The summed E-state index contributed by atoms with van der Waals surface area (Å²) in [7, 11) is 0. The highest BCUT2D eigenvalue weighted by molar-refractivity contribution is 5.56. The number of aromatic nitrogens is 2. The number of likely N-dealkylation sites (N-methyl/N-ethyl adjacent to an activating group) is 1. The van der Waals surface area contributed by atoms with Gasteiger partial charge in [0.05, 0.1) is 0 Å². The molecule has 0 aliphatic heterocycles. The van der Waals surface area contributed by atoms with Gasteiger partial charge in [-0.25, -0.2) is 9.78 Å². The molecule has 0 saturated heterocycles. The molecule has 0 aliphatic carbocycles. The van der Waals surface area contributed by atoms with E-state index in [2.05, 4.69) is 15.3 Å². The quantitative estimate of drug-likeness (QED) is 0.786. The Morgan fingerprint density at radius 1 is 1.39 bits per heavy atom. The van der Waals surface area contributed by atoms with Gasteiger partial charge in [0.15, 0.2) is 0 Å². The molecule has 0 aliphatic rings. The lowest BCUT2D eigenvalue weighted by Crippen LogP contribution is -2.14. The van der Waals surface area contributed by atoms with Crippen LogP contribution in [0, 0.1) is 0 Å². The van der Waals surface area contributed by atoms with Crippen molar-refractivity contribution in [2.45, 2.75) is 13.3 Å². The van der Waals surface area contributed by atoms with Crippen LogP contribution in [0.5, 0.6) is 0 Å². The van der Waals surface area contributed by atoms with Crippen molar-refractivity contribution in [1.82, 2.24) is 15.3 Å². The zero-order valence-electron chi connectivity index (χ0n) is 10.2. The fourth-order valence-corrected chi connectivity index (χ4v) is 1.73. The number of imidazole rings is 1. The molecule has 1 heterocycles. The molecule has 4 heteroatoms. The van der Waals surface area contributed by atoms with Gasteiger partial charge in [-0.1, -0.05) is 30.3 Å². The van der Waals surface area contributed by atoms with E-state index in [1.54, 1.807) is 6.20 Å². The number of allylic oxidation sites excluding steroid dienone is 1. The third kappa shape index (κ3) is 2.87. The summed E-state index contributed by atoms with van der Waals surface area (Å²) in [6.07, 6.45) is 2.24. The SMILES string of the molecule is CCNC(=C=O)Cc1cnc(-c2ccccc2)[nH]1. The molecule has 0 spiro atoms. The molecule has 4 nitrogen and oxygen atoms in total. The lowest BCUT2D eigenvalue weighted by atomic mass is 10.2. The molecule has 2 rings (SSSR count). The molecule has 2 N–H and O–H groups in total. The molecule has 0 fully saturated rings. The first-order valence-corrected chi connectivity index (χ1v) is 5.90. The number of benzene rings is 1. The van der Waals surface area contributed by atoms with Crippen LogP contribution in [-0.2, 0) is 11.2 Å². The Bertz CT molecular complexity index is 553. The predicted molar refractivity (Wildman–Crippen MR) is 70.6 cm³/mol. The molecule has 92 valence electrons. The van der Waals surface area contributed by atoms with E-state index in [9.17, 15) is 4.79 Å². The normalized spacial score (nSPS) is 9.83. The summed E-state index contributed by atoms with van der Waals surface area (Å²) in [6, 6.07) is 9.87. The first-order chi connectivity index (χ1) is 8.83. The lowest BCUT2D eigenvalue weighted by molar-refractivity contribution is 0.563. The number of hydrogen-bond acceptors (Lipinski definition) is 3. The van der Waals surface area contributed by atoms with Crippen LogP contribution in [0.25, 0.3) is 11.4 Å². The lowest BCUT2D eigenvalue weighted by Gasteiger charge is -2.02. The summed E-state index contributed by atoms with van der Waals surface area (Å²) in [6.45, 7) is 2.66. The minimum absolute atomic E-state index is 0.497. The Balaban J connectivity index is 2.14. The van der Waals surface area contributed by atoms with E-state index in [0.29, 0.717) is 18.7 Å². The first kappa shape index (κ1) is 12.1. The van der Waals surface area contributed by atoms with E-state index in [1.165, 1.54) is 0 Å². The van der Waals surface area contributed by atoms with Gasteiger partial charge in [0.1, 0.15) is 17.5 Å². The first-order valence-electron chi connectivity index (χ1n) is 5.90. The highest BCUT2D eigenvalue weighted by atomic mass is 16.1. The smallest absolute Gasteiger partial charge is 0.145 e. The van der Waals surface area contributed by atoms with Crippen molar-refractivity contribution in [1.29, 1.82) is 0 Å². The second-order valence-corrected chi connectivity index (χ2v) is 3.91. The number of aromatic amines is 1. The Labute approximate surface area is 106 Å². The Kier molecular flexibility index (Phi) is 3.94. The van der Waals surface area contributed by atoms with Crippen LogP contribution in [0.2, 0.25) is 0 Å². The summed E-state index contributed by atoms with van der Waals surface area (Å²) >= 11 is 0. The van der Waals surface area contributed by atoms with Crippen LogP contribution in [0.4, 0.5) is 0 Å². The van der Waals surface area contributed by atoms with Gasteiger partial charge < -0.3 is 10.3 Å². The van der Waals surface area contributed by atoms with Gasteiger partial charge in [0.25, 0.3) is 0 Å². The van der Waals surface area contributed by atoms with Gasteiger partial charge in [0.2, 0.25) is 0 Å². The van der Waals surface area contributed by atoms with Crippen molar-refractivity contribution in [2.75, 3.05) is 6.54 Å². The predicted octanol–water partition coefficient (Wildman–Crippen LogP) is 1.94. The number of H-pyrrole nitrogens is 1. The van der Waals surface area contributed by atoms with Crippen LogP contribution < -0.4 is 5.32 Å². The fourth-order valence-electron chi connectivity index (χ4n) is 1.73. The molecule has 1 aromatic carbocycles. The number of carbonyl (C=O) groups excluding carboxylic acids is 1. The zero-order valence-corrected chi connectivity index (χ0v) is 10.2. The Morgan fingerprint density at radius 3 is 2.83 bits per heavy atom. The number of hydrogen-bond donors (Lipinski definition) is 2. The summed E-state index contributed by atoms with van der Waals surface area (Å²) in [4.78, 5) is 18.2. The van der Waals surface area contributed by atoms with E-state index >= 15 is 0 Å². The second kappa shape index (κ2) is 5.84. The number of rotatable bonds is 5. The van der Waals surface area contributed by atoms with Crippen molar-refractivity contribution in [3.05, 3.63) is 47.9 Å². The molecule has 0 atom stereocenters. The van der Waals surface area contributed by atoms with E-state index in [1.807, 2.05) is 43.2 Å². The van der Waals surface area contributed by atoms with Crippen molar-refractivity contribution in [3.63, 3.8) is 0 Å². The highest BCUT2D eigenvalue weighted by Crippen LogP contribution is 2.15. The summed E-state index contributed by atoms with van der Waals surface area (Å²) in [5.41, 5.74) is 2.47. The van der Waals surface area contributed by atoms with Gasteiger partial charge in [0, 0.05) is 30.4 Å². The third-order valence-electron chi connectivity index (χ3n) is 2.56. The minimum Gasteiger partial charge on any atom is -0.379 e. The third-order valence-corrected chi connectivity index (χ3v) is 2.56. The maximum absolute atomic E-state index is 10.7. The van der Waals surface area contributed by atoms with Gasteiger partial charge in [-0.2, -0.15) is 0 Å². The van der Waals surface area contributed by atoms with E-state index in [4.69, 9.17) is 0 Å². The summed E-state index contributed by atoms with van der Waals surface area (Å²) in [5.74, 6) is 2.72. The van der Waals surface area contributed by atoms with Crippen LogP contribution >= 0.6 is 0 Å². The molecular weight excluding hydrogens is 226 g/mol. The Morgan fingerprint density at radius 2 is 2.17 bits per heavy atom. The van der Waals surface area contributed by atoms with Crippen molar-refractivity contribution in [3.8, 4) is 11.4 Å². The van der Waals surface area contributed by atoms with Gasteiger partial charge >= 0.3 is 0 Å². The van der Waals surface area contributed by atoms with Crippen molar-refractivity contribution < 1.29 is 4.79 Å². The monoisotopic (exact) mass is 241 g/mol. The van der Waals surface area contributed by atoms with Crippen molar-refractivity contribution in [2.24, 2.45) is 0 Å². The second-order valence-electron chi connectivity index (χ2n) is 3.91. The average molecular weight is 241 g/mol.